The largest absolute Gasteiger partial charge is 0.338 e. The van der Waals surface area contributed by atoms with Gasteiger partial charge in [0.25, 0.3) is 0 Å². The first-order valence-corrected chi connectivity index (χ1v) is 14.2. The number of aldehydes is 1. The fourth-order valence-corrected chi connectivity index (χ4v) is 4.53. The van der Waals surface area contributed by atoms with Gasteiger partial charge in [0.2, 0.25) is 11.7 Å². The van der Waals surface area contributed by atoms with Crippen molar-refractivity contribution in [3.05, 3.63) is 105 Å². The zero-order valence-corrected chi connectivity index (χ0v) is 22.9. The van der Waals surface area contributed by atoms with Crippen molar-refractivity contribution < 1.29 is 23.7 Å². The summed E-state index contributed by atoms with van der Waals surface area (Å²) in [5.41, 5.74) is 11.1. The Kier molecular flexibility index (Phi) is 10.5. The molecule has 0 spiro atoms. The van der Waals surface area contributed by atoms with E-state index in [2.05, 4.69) is 42.2 Å². The molecule has 1 unspecified atom stereocenters. The van der Waals surface area contributed by atoms with Crippen LogP contribution >= 0.6 is 19.2 Å². The molecule has 1 heterocycles. The van der Waals surface area contributed by atoms with E-state index in [0.717, 1.165) is 17.4 Å². The van der Waals surface area contributed by atoms with Crippen LogP contribution in [0.2, 0.25) is 5.02 Å². The lowest BCUT2D eigenvalue weighted by Gasteiger charge is -2.15. The number of rotatable bonds is 9. The van der Waals surface area contributed by atoms with Crippen LogP contribution in [-0.2, 0) is 11.0 Å². The lowest BCUT2D eigenvalue weighted by Crippen LogP contribution is -2.06. The topological polar surface area (TPSA) is 140 Å². The predicted molar refractivity (Wildman–Crippen MR) is 149 cm³/mol. The van der Waals surface area contributed by atoms with Crippen LogP contribution in [0.4, 0.5) is 0 Å². The fourth-order valence-electron chi connectivity index (χ4n) is 3.74. The third-order valence-corrected chi connectivity index (χ3v) is 7.09. The zero-order valence-electron chi connectivity index (χ0n) is 21.3. The summed E-state index contributed by atoms with van der Waals surface area (Å²) in [7, 11) is -3.76. The van der Waals surface area contributed by atoms with Crippen LogP contribution in [0.1, 0.15) is 50.8 Å². The first-order valence-electron chi connectivity index (χ1n) is 12.0. The average Bonchev–Trinajstić information content (AvgIpc) is 3.38. The Balaban J connectivity index is 0.000000436. The Morgan fingerprint density at radius 3 is 2.37 bits per heavy atom. The minimum Gasteiger partial charge on any atom is -0.338 e. The minimum absolute atomic E-state index is 0.0938. The number of nitrogens with two attached hydrogens (primary N) is 1. The Morgan fingerprint density at radius 1 is 1.05 bits per heavy atom. The molecule has 0 aliphatic heterocycles. The highest BCUT2D eigenvalue weighted by molar-refractivity contribution is 7.51. The summed E-state index contributed by atoms with van der Waals surface area (Å²) in [5.74, 6) is 0.904. The second-order valence-corrected chi connectivity index (χ2v) is 11.2. The molecular formula is C28H31ClN3O5P. The van der Waals surface area contributed by atoms with Gasteiger partial charge in [-0.25, -0.2) is 0 Å². The smallest absolute Gasteiger partial charge is 0.325 e. The van der Waals surface area contributed by atoms with Gasteiger partial charge in [0.15, 0.2) is 0 Å². The second-order valence-electron chi connectivity index (χ2n) is 8.96. The number of nitrogens with zero attached hydrogens (tertiary/aromatic N) is 2. The number of benzene rings is 3. The Labute approximate surface area is 227 Å². The Bertz CT molecular complexity index is 1400. The van der Waals surface area contributed by atoms with Gasteiger partial charge in [0.1, 0.15) is 6.29 Å². The average molecular weight is 556 g/mol. The highest BCUT2D eigenvalue weighted by Crippen LogP contribution is 2.34. The van der Waals surface area contributed by atoms with Gasteiger partial charge in [-0.1, -0.05) is 71.4 Å². The molecule has 3 aromatic carbocycles. The summed E-state index contributed by atoms with van der Waals surface area (Å²) in [4.78, 5) is 32.0. The molecule has 0 radical (unpaired) electrons. The third kappa shape index (κ3) is 8.72. The van der Waals surface area contributed by atoms with E-state index < -0.39 is 7.60 Å². The van der Waals surface area contributed by atoms with Crippen molar-refractivity contribution >= 4 is 25.5 Å². The van der Waals surface area contributed by atoms with Gasteiger partial charge >= 0.3 is 7.60 Å². The van der Waals surface area contributed by atoms with E-state index in [0.29, 0.717) is 41.7 Å². The summed E-state index contributed by atoms with van der Waals surface area (Å²) >= 11 is 6.26. The van der Waals surface area contributed by atoms with Crippen molar-refractivity contribution in [1.29, 1.82) is 0 Å². The second kappa shape index (κ2) is 13.6. The molecule has 10 heteroatoms. The maximum atomic E-state index is 10.9. The highest BCUT2D eigenvalue weighted by atomic mass is 35.5. The summed E-state index contributed by atoms with van der Waals surface area (Å²) in [6, 6.07) is 21.3. The van der Waals surface area contributed by atoms with Crippen molar-refractivity contribution in [1.82, 2.24) is 10.1 Å². The number of hydrogen-bond acceptors (Lipinski definition) is 6. The van der Waals surface area contributed by atoms with Gasteiger partial charge in [0.05, 0.1) is 12.1 Å². The number of aromatic nitrogens is 2. The Hall–Kier alpha value is -3.13. The quantitative estimate of drug-likeness (QED) is 0.176. The molecule has 0 fully saturated rings. The molecule has 1 aromatic heterocycles. The molecule has 4 aromatic rings. The van der Waals surface area contributed by atoms with E-state index in [1.54, 1.807) is 12.1 Å². The monoisotopic (exact) mass is 555 g/mol. The van der Waals surface area contributed by atoms with Crippen LogP contribution < -0.4 is 5.73 Å². The molecule has 4 N–H and O–H groups in total. The van der Waals surface area contributed by atoms with Crippen molar-refractivity contribution in [3.63, 3.8) is 0 Å². The SMILES string of the molecule is Cc1ccc(CC(c2cccc(Cl)c2)c2nc(-c3ccc(C=O)cc3)no2)cc1C.NCCCP(=O)(O)O. The van der Waals surface area contributed by atoms with E-state index in [1.165, 1.54) is 16.7 Å². The van der Waals surface area contributed by atoms with Gasteiger partial charge in [-0.05, 0) is 67.6 Å². The van der Waals surface area contributed by atoms with Gasteiger partial charge in [-0.2, -0.15) is 4.98 Å². The van der Waals surface area contributed by atoms with Crippen LogP contribution in [0.3, 0.4) is 0 Å². The van der Waals surface area contributed by atoms with E-state index in [4.69, 9.17) is 31.6 Å². The summed E-state index contributed by atoms with van der Waals surface area (Å²) in [5, 5.41) is 4.84. The van der Waals surface area contributed by atoms with Crippen molar-refractivity contribution in [3.8, 4) is 11.4 Å². The first kappa shape index (κ1) is 29.4. The fraction of sp³-hybridized carbons (Fsp3) is 0.250. The molecule has 4 rings (SSSR count). The standard InChI is InChI=1S/C25H21ClN2O2.C3H10NO3P/c1-16-6-7-19(12-17(16)2)13-23(21-4-3-5-22(26)14-21)25-27-24(28-30-25)20-10-8-18(15-29)9-11-20;4-2-1-3-8(5,6)7/h3-12,14-15,23H,13H2,1-2H3;1-4H2,(H2,5,6,7). The maximum absolute atomic E-state index is 10.9. The first-order chi connectivity index (χ1) is 18.1. The van der Waals surface area contributed by atoms with Crippen molar-refractivity contribution in [2.75, 3.05) is 12.7 Å². The molecule has 38 heavy (non-hydrogen) atoms. The predicted octanol–water partition coefficient (Wildman–Crippen LogP) is 5.71. The molecule has 200 valence electrons. The normalized spacial score (nSPS) is 11.9. The van der Waals surface area contributed by atoms with Crippen LogP contribution in [0.15, 0.2) is 71.3 Å². The number of carbonyl (C=O) groups excluding carboxylic acids is 1. The highest BCUT2D eigenvalue weighted by Gasteiger charge is 2.23. The molecule has 0 saturated heterocycles. The minimum atomic E-state index is -3.76. The summed E-state index contributed by atoms with van der Waals surface area (Å²) in [6.45, 7) is 4.56. The van der Waals surface area contributed by atoms with Gasteiger partial charge in [0, 0.05) is 16.1 Å². The lowest BCUT2D eigenvalue weighted by molar-refractivity contribution is 0.112. The van der Waals surface area contributed by atoms with Crippen LogP contribution in [0.5, 0.6) is 0 Å². The van der Waals surface area contributed by atoms with Gasteiger partial charge in [-0.15, -0.1) is 0 Å². The van der Waals surface area contributed by atoms with Crippen LogP contribution in [0, 0.1) is 13.8 Å². The van der Waals surface area contributed by atoms with Crippen LogP contribution in [-0.4, -0.2) is 38.9 Å². The number of hydrogen-bond donors (Lipinski definition) is 3. The molecule has 0 bridgehead atoms. The van der Waals surface area contributed by atoms with E-state index in [-0.39, 0.29) is 12.1 Å². The van der Waals surface area contributed by atoms with Crippen molar-refractivity contribution in [2.24, 2.45) is 5.73 Å². The molecular weight excluding hydrogens is 525 g/mol. The molecule has 0 saturated carbocycles. The summed E-state index contributed by atoms with van der Waals surface area (Å²) < 4.78 is 15.7. The maximum Gasteiger partial charge on any atom is 0.325 e. The van der Waals surface area contributed by atoms with E-state index in [1.807, 2.05) is 36.4 Å². The molecule has 1 atom stereocenters. The van der Waals surface area contributed by atoms with Crippen LogP contribution in [0.25, 0.3) is 11.4 Å². The molecule has 0 amide bonds. The molecule has 8 nitrogen and oxygen atoms in total. The van der Waals surface area contributed by atoms with Gasteiger partial charge in [-0.3, -0.25) is 9.36 Å². The molecule has 0 aliphatic carbocycles. The van der Waals surface area contributed by atoms with E-state index >= 15 is 0 Å². The number of carbonyl (C=O) groups is 1. The van der Waals surface area contributed by atoms with Crippen molar-refractivity contribution in [2.45, 2.75) is 32.6 Å². The Morgan fingerprint density at radius 2 is 1.79 bits per heavy atom. The number of halogens is 1. The molecule has 0 aliphatic rings. The summed E-state index contributed by atoms with van der Waals surface area (Å²) in [6.07, 6.45) is 1.82. The van der Waals surface area contributed by atoms with E-state index in [9.17, 15) is 9.36 Å². The van der Waals surface area contributed by atoms with Gasteiger partial charge < -0.3 is 20.0 Å². The number of aryl methyl sites for hydroxylation is 2. The lowest BCUT2D eigenvalue weighted by atomic mass is 9.90. The third-order valence-electron chi connectivity index (χ3n) is 5.96. The zero-order chi connectivity index (χ0) is 27.7.